The zero-order valence-electron chi connectivity index (χ0n) is 11.3. The fraction of sp³-hybridized carbons (Fsp3) is 0.308. The Hall–Kier alpha value is -2.37. The van der Waals surface area contributed by atoms with Crippen molar-refractivity contribution < 1.29 is 4.79 Å². The molecular formula is C13H17N5O. The van der Waals surface area contributed by atoms with Gasteiger partial charge in [0.15, 0.2) is 0 Å². The van der Waals surface area contributed by atoms with Gasteiger partial charge in [-0.15, -0.1) is 0 Å². The van der Waals surface area contributed by atoms with Gasteiger partial charge < -0.3 is 11.1 Å². The van der Waals surface area contributed by atoms with Gasteiger partial charge in [-0.1, -0.05) is 6.92 Å². The van der Waals surface area contributed by atoms with E-state index in [0.29, 0.717) is 17.1 Å². The van der Waals surface area contributed by atoms with Gasteiger partial charge in [-0.2, -0.15) is 5.10 Å². The van der Waals surface area contributed by atoms with Crippen LogP contribution in [0, 0.1) is 6.92 Å². The number of nitrogens with zero attached hydrogens (tertiary/aromatic N) is 3. The average Bonchev–Trinajstić information content (AvgIpc) is 2.68. The first-order valence-corrected chi connectivity index (χ1v) is 6.07. The fourth-order valence-electron chi connectivity index (χ4n) is 1.92. The first-order valence-electron chi connectivity index (χ1n) is 6.07. The van der Waals surface area contributed by atoms with Crippen LogP contribution in [0.4, 0.5) is 11.5 Å². The van der Waals surface area contributed by atoms with E-state index in [1.165, 1.54) is 0 Å². The lowest BCUT2D eigenvalue weighted by Gasteiger charge is -2.06. The van der Waals surface area contributed by atoms with Crippen molar-refractivity contribution in [3.63, 3.8) is 0 Å². The molecule has 3 N–H and O–H groups in total. The first kappa shape index (κ1) is 13.1. The molecule has 0 radical (unpaired) electrons. The van der Waals surface area contributed by atoms with Crippen molar-refractivity contribution in [2.45, 2.75) is 20.3 Å². The molecule has 6 heteroatoms. The summed E-state index contributed by atoms with van der Waals surface area (Å²) in [5.74, 6) is 0.131. The van der Waals surface area contributed by atoms with Crippen LogP contribution in [0.5, 0.6) is 0 Å². The summed E-state index contributed by atoms with van der Waals surface area (Å²) in [6.45, 7) is 3.79. The smallest absolute Gasteiger partial charge is 0.255 e. The fourth-order valence-corrected chi connectivity index (χ4v) is 1.92. The van der Waals surface area contributed by atoms with E-state index in [1.807, 2.05) is 14.0 Å². The Morgan fingerprint density at radius 2 is 2.21 bits per heavy atom. The molecule has 2 rings (SSSR count). The van der Waals surface area contributed by atoms with Gasteiger partial charge >= 0.3 is 0 Å². The molecule has 6 nitrogen and oxygen atoms in total. The molecule has 0 saturated heterocycles. The Kier molecular flexibility index (Phi) is 3.50. The highest BCUT2D eigenvalue weighted by Crippen LogP contribution is 2.16. The molecule has 100 valence electrons. The van der Waals surface area contributed by atoms with Crippen molar-refractivity contribution in [2.24, 2.45) is 7.05 Å². The van der Waals surface area contributed by atoms with E-state index in [9.17, 15) is 4.79 Å². The molecule has 2 aromatic rings. The van der Waals surface area contributed by atoms with Gasteiger partial charge in [0.1, 0.15) is 5.82 Å². The maximum absolute atomic E-state index is 12.2. The molecule has 0 unspecified atom stereocenters. The molecule has 0 aliphatic carbocycles. The van der Waals surface area contributed by atoms with Gasteiger partial charge in [-0.25, -0.2) is 4.98 Å². The van der Waals surface area contributed by atoms with E-state index >= 15 is 0 Å². The molecule has 0 aromatic carbocycles. The van der Waals surface area contributed by atoms with E-state index in [0.717, 1.165) is 17.8 Å². The number of hydrogen-bond donors (Lipinski definition) is 2. The van der Waals surface area contributed by atoms with E-state index in [-0.39, 0.29) is 5.91 Å². The van der Waals surface area contributed by atoms with E-state index in [1.54, 1.807) is 29.9 Å². The third-order valence-electron chi connectivity index (χ3n) is 2.72. The molecule has 0 aliphatic rings. The quantitative estimate of drug-likeness (QED) is 0.875. The SMILES string of the molecule is CCc1nn(C)cc1NC(=O)c1cc(C)nc(N)c1. The molecule has 2 aromatic heterocycles. The molecule has 0 atom stereocenters. The highest BCUT2D eigenvalue weighted by molar-refractivity contribution is 6.04. The zero-order chi connectivity index (χ0) is 14.0. The predicted octanol–water partition coefficient (Wildman–Crippen LogP) is 1.52. The summed E-state index contributed by atoms with van der Waals surface area (Å²) in [4.78, 5) is 16.2. The summed E-state index contributed by atoms with van der Waals surface area (Å²) < 4.78 is 1.68. The Morgan fingerprint density at radius 1 is 1.47 bits per heavy atom. The highest BCUT2D eigenvalue weighted by Gasteiger charge is 2.12. The summed E-state index contributed by atoms with van der Waals surface area (Å²) in [5, 5.41) is 7.12. The molecule has 19 heavy (non-hydrogen) atoms. The lowest BCUT2D eigenvalue weighted by Crippen LogP contribution is -2.13. The predicted molar refractivity (Wildman–Crippen MR) is 73.9 cm³/mol. The van der Waals surface area contributed by atoms with Crippen LogP contribution in [-0.2, 0) is 13.5 Å². The Morgan fingerprint density at radius 3 is 2.84 bits per heavy atom. The van der Waals surface area contributed by atoms with Crippen LogP contribution < -0.4 is 11.1 Å². The number of nitrogen functional groups attached to an aromatic ring is 1. The standard InChI is InChI=1S/C13H17N5O/c1-4-10-11(7-18(3)17-10)16-13(19)9-5-8(2)15-12(14)6-9/h5-7H,4H2,1-3H3,(H2,14,15)(H,16,19). The molecule has 0 fully saturated rings. The minimum absolute atomic E-state index is 0.208. The van der Waals surface area contributed by atoms with Gasteiger partial charge in [0.2, 0.25) is 0 Å². The lowest BCUT2D eigenvalue weighted by molar-refractivity contribution is 0.102. The summed E-state index contributed by atoms with van der Waals surface area (Å²) in [5.41, 5.74) is 8.44. The average molecular weight is 259 g/mol. The van der Waals surface area contributed by atoms with Gasteiger partial charge in [0.05, 0.1) is 11.4 Å². The van der Waals surface area contributed by atoms with Crippen LogP contribution in [0.1, 0.15) is 28.7 Å². The third kappa shape index (κ3) is 2.90. The van der Waals surface area contributed by atoms with Crippen LogP contribution in [0.2, 0.25) is 0 Å². The van der Waals surface area contributed by atoms with Crippen LogP contribution in [0.3, 0.4) is 0 Å². The number of nitrogens with one attached hydrogen (secondary N) is 1. The number of carbonyl (C=O) groups excluding carboxylic acids is 1. The number of aromatic nitrogens is 3. The summed E-state index contributed by atoms with van der Waals surface area (Å²) in [6.07, 6.45) is 2.54. The lowest BCUT2D eigenvalue weighted by atomic mass is 10.2. The number of aryl methyl sites for hydroxylation is 3. The normalized spacial score (nSPS) is 10.5. The number of amides is 1. The van der Waals surface area contributed by atoms with Crippen molar-refractivity contribution in [1.29, 1.82) is 0 Å². The van der Waals surface area contributed by atoms with Crippen LogP contribution >= 0.6 is 0 Å². The number of anilines is 2. The summed E-state index contributed by atoms with van der Waals surface area (Å²) in [6, 6.07) is 3.26. The van der Waals surface area contributed by atoms with Gasteiger partial charge in [0.25, 0.3) is 5.91 Å². The van der Waals surface area contributed by atoms with E-state index in [2.05, 4.69) is 15.4 Å². The maximum atomic E-state index is 12.2. The van der Waals surface area contributed by atoms with Gasteiger partial charge in [-0.3, -0.25) is 9.48 Å². The van der Waals surface area contributed by atoms with Crippen molar-refractivity contribution in [1.82, 2.24) is 14.8 Å². The van der Waals surface area contributed by atoms with Gasteiger partial charge in [-0.05, 0) is 25.5 Å². The summed E-state index contributed by atoms with van der Waals surface area (Å²) >= 11 is 0. The molecule has 1 amide bonds. The monoisotopic (exact) mass is 259 g/mol. The molecule has 0 spiro atoms. The Balaban J connectivity index is 2.25. The first-order chi connectivity index (χ1) is 8.99. The largest absolute Gasteiger partial charge is 0.384 e. The number of hydrogen-bond acceptors (Lipinski definition) is 4. The molecule has 0 aliphatic heterocycles. The van der Waals surface area contributed by atoms with Gasteiger partial charge in [0, 0.05) is 24.5 Å². The second-order valence-electron chi connectivity index (χ2n) is 4.39. The Labute approximate surface area is 111 Å². The minimum atomic E-state index is -0.208. The number of nitrogens with two attached hydrogens (primary N) is 1. The second kappa shape index (κ2) is 5.09. The van der Waals surface area contributed by atoms with Crippen molar-refractivity contribution in [3.8, 4) is 0 Å². The highest BCUT2D eigenvalue weighted by atomic mass is 16.1. The molecule has 2 heterocycles. The third-order valence-corrected chi connectivity index (χ3v) is 2.72. The van der Waals surface area contributed by atoms with Crippen LogP contribution in [0.15, 0.2) is 18.3 Å². The Bertz CT molecular complexity index is 597. The number of carbonyl (C=O) groups is 1. The van der Waals surface area contributed by atoms with Crippen molar-refractivity contribution in [3.05, 3.63) is 35.3 Å². The number of pyridine rings is 1. The van der Waals surface area contributed by atoms with E-state index < -0.39 is 0 Å². The van der Waals surface area contributed by atoms with Crippen molar-refractivity contribution in [2.75, 3.05) is 11.1 Å². The molecular weight excluding hydrogens is 242 g/mol. The van der Waals surface area contributed by atoms with Crippen molar-refractivity contribution >= 4 is 17.4 Å². The second-order valence-corrected chi connectivity index (χ2v) is 4.39. The van der Waals surface area contributed by atoms with Crippen LogP contribution in [0.25, 0.3) is 0 Å². The van der Waals surface area contributed by atoms with E-state index in [4.69, 9.17) is 5.73 Å². The maximum Gasteiger partial charge on any atom is 0.255 e. The molecule has 0 saturated carbocycles. The minimum Gasteiger partial charge on any atom is -0.384 e. The van der Waals surface area contributed by atoms with Crippen LogP contribution in [-0.4, -0.2) is 20.7 Å². The summed E-state index contributed by atoms with van der Waals surface area (Å²) in [7, 11) is 1.82. The molecule has 0 bridgehead atoms. The topological polar surface area (TPSA) is 85.8 Å². The zero-order valence-corrected chi connectivity index (χ0v) is 11.3. The number of rotatable bonds is 3.